The molecule has 0 aliphatic carbocycles. The second-order valence-corrected chi connectivity index (χ2v) is 5.83. The van der Waals surface area contributed by atoms with Gasteiger partial charge in [0.25, 0.3) is 0 Å². The highest BCUT2D eigenvalue weighted by Gasteiger charge is 2.13. The van der Waals surface area contributed by atoms with E-state index in [0.717, 1.165) is 0 Å². The Bertz CT molecular complexity index is 442. The van der Waals surface area contributed by atoms with Crippen molar-refractivity contribution in [3.05, 3.63) is 39.8 Å². The zero-order valence-electron chi connectivity index (χ0n) is 10.8. The van der Waals surface area contributed by atoms with E-state index < -0.39 is 0 Å². The summed E-state index contributed by atoms with van der Waals surface area (Å²) in [6.07, 6.45) is 3.98. The molecule has 0 aromatic carbocycles. The summed E-state index contributed by atoms with van der Waals surface area (Å²) in [6, 6.07) is 5.07. The predicted molar refractivity (Wildman–Crippen MR) is 72.2 cm³/mol. The van der Waals surface area contributed by atoms with Crippen LogP contribution in [0.1, 0.15) is 41.2 Å². The summed E-state index contributed by atoms with van der Waals surface area (Å²) >= 11 is 1.85. The molecule has 2 aromatic heterocycles. The van der Waals surface area contributed by atoms with E-state index in [4.69, 9.17) is 0 Å². The number of nitrogens with one attached hydrogen (secondary N) is 1. The summed E-state index contributed by atoms with van der Waals surface area (Å²) in [5.41, 5.74) is 1.23. The zero-order valence-corrected chi connectivity index (χ0v) is 11.6. The Kier molecular flexibility index (Phi) is 3.64. The molecule has 0 aliphatic rings. The molecule has 1 N–H and O–H groups in total. The summed E-state index contributed by atoms with van der Waals surface area (Å²) in [7, 11) is 1.95. The van der Waals surface area contributed by atoms with Crippen molar-refractivity contribution in [3.63, 3.8) is 0 Å². The van der Waals surface area contributed by atoms with Crippen LogP contribution in [0, 0.1) is 6.92 Å². The SMILES string of the molecule is Cc1ccc(C(C)NC(C)c2cnn(C)c2)s1. The van der Waals surface area contributed by atoms with Gasteiger partial charge in [-0.1, -0.05) is 0 Å². The summed E-state index contributed by atoms with van der Waals surface area (Å²) in [5.74, 6) is 0. The average molecular weight is 249 g/mol. The molecule has 2 atom stereocenters. The molecule has 4 heteroatoms. The lowest BCUT2D eigenvalue weighted by Gasteiger charge is -2.17. The Morgan fingerprint density at radius 3 is 2.59 bits per heavy atom. The number of nitrogens with zero attached hydrogens (tertiary/aromatic N) is 2. The minimum Gasteiger partial charge on any atom is -0.303 e. The van der Waals surface area contributed by atoms with E-state index in [-0.39, 0.29) is 0 Å². The molecule has 2 unspecified atom stereocenters. The second kappa shape index (κ2) is 5.02. The lowest BCUT2D eigenvalue weighted by molar-refractivity contribution is 0.500. The summed E-state index contributed by atoms with van der Waals surface area (Å²) in [4.78, 5) is 2.75. The summed E-state index contributed by atoms with van der Waals surface area (Å²) in [5, 5.41) is 7.80. The summed E-state index contributed by atoms with van der Waals surface area (Å²) < 4.78 is 1.84. The average Bonchev–Trinajstić information content (AvgIpc) is 2.87. The van der Waals surface area contributed by atoms with Gasteiger partial charge in [-0.3, -0.25) is 4.68 Å². The minimum atomic E-state index is 0.320. The summed E-state index contributed by atoms with van der Waals surface area (Å²) in [6.45, 7) is 6.53. The smallest absolute Gasteiger partial charge is 0.0537 e. The number of aryl methyl sites for hydroxylation is 2. The van der Waals surface area contributed by atoms with Gasteiger partial charge in [0.1, 0.15) is 0 Å². The number of hydrogen-bond acceptors (Lipinski definition) is 3. The van der Waals surface area contributed by atoms with Crippen molar-refractivity contribution >= 4 is 11.3 Å². The van der Waals surface area contributed by atoms with Gasteiger partial charge in [0.2, 0.25) is 0 Å². The number of hydrogen-bond donors (Lipinski definition) is 1. The molecule has 92 valence electrons. The monoisotopic (exact) mass is 249 g/mol. The quantitative estimate of drug-likeness (QED) is 0.901. The molecule has 0 aliphatic heterocycles. The van der Waals surface area contributed by atoms with Crippen molar-refractivity contribution in [3.8, 4) is 0 Å². The van der Waals surface area contributed by atoms with E-state index in [1.807, 2.05) is 29.3 Å². The molecule has 3 nitrogen and oxygen atoms in total. The van der Waals surface area contributed by atoms with Crippen LogP contribution in [0.3, 0.4) is 0 Å². The highest BCUT2D eigenvalue weighted by molar-refractivity contribution is 7.12. The largest absolute Gasteiger partial charge is 0.303 e. The van der Waals surface area contributed by atoms with Gasteiger partial charge < -0.3 is 5.32 Å². The maximum atomic E-state index is 4.20. The van der Waals surface area contributed by atoms with Crippen LogP contribution in [-0.4, -0.2) is 9.78 Å². The maximum absolute atomic E-state index is 4.20. The molecule has 2 aromatic rings. The highest BCUT2D eigenvalue weighted by Crippen LogP contribution is 2.24. The van der Waals surface area contributed by atoms with Gasteiger partial charge >= 0.3 is 0 Å². The maximum Gasteiger partial charge on any atom is 0.0537 e. The molecule has 0 saturated carbocycles. The van der Waals surface area contributed by atoms with Crippen molar-refractivity contribution < 1.29 is 0 Å². The third-order valence-electron chi connectivity index (χ3n) is 2.91. The molecule has 2 heterocycles. The van der Waals surface area contributed by atoms with Crippen LogP contribution in [-0.2, 0) is 7.05 Å². The van der Waals surface area contributed by atoms with Crippen molar-refractivity contribution in [2.45, 2.75) is 32.9 Å². The fourth-order valence-electron chi connectivity index (χ4n) is 1.90. The van der Waals surface area contributed by atoms with Gasteiger partial charge in [0.15, 0.2) is 0 Å². The first-order valence-electron chi connectivity index (χ1n) is 5.87. The van der Waals surface area contributed by atoms with Crippen molar-refractivity contribution in [2.24, 2.45) is 7.05 Å². The fraction of sp³-hybridized carbons (Fsp3) is 0.462. The number of thiophene rings is 1. The Morgan fingerprint density at radius 1 is 1.29 bits per heavy atom. The molecule has 17 heavy (non-hydrogen) atoms. The van der Waals surface area contributed by atoms with E-state index in [1.54, 1.807) is 0 Å². The normalized spacial score (nSPS) is 14.8. The van der Waals surface area contributed by atoms with Crippen LogP contribution in [0.15, 0.2) is 24.5 Å². The minimum absolute atomic E-state index is 0.320. The Morgan fingerprint density at radius 2 is 2.06 bits per heavy atom. The number of aromatic nitrogens is 2. The van der Waals surface area contributed by atoms with Gasteiger partial charge in [0, 0.05) is 40.6 Å². The lowest BCUT2D eigenvalue weighted by Crippen LogP contribution is -2.21. The Labute approximate surface area is 106 Å². The first-order chi connectivity index (χ1) is 8.06. The molecule has 0 bridgehead atoms. The third-order valence-corrected chi connectivity index (χ3v) is 4.10. The van der Waals surface area contributed by atoms with Gasteiger partial charge in [0.05, 0.1) is 6.20 Å². The van der Waals surface area contributed by atoms with Crippen LogP contribution >= 0.6 is 11.3 Å². The number of rotatable bonds is 4. The van der Waals surface area contributed by atoms with Crippen LogP contribution in [0.25, 0.3) is 0 Å². The highest BCUT2D eigenvalue weighted by atomic mass is 32.1. The zero-order chi connectivity index (χ0) is 12.4. The van der Waals surface area contributed by atoms with Crippen molar-refractivity contribution in [2.75, 3.05) is 0 Å². The first-order valence-corrected chi connectivity index (χ1v) is 6.69. The molecule has 0 amide bonds. The van der Waals surface area contributed by atoms with E-state index in [2.05, 4.69) is 49.5 Å². The van der Waals surface area contributed by atoms with Gasteiger partial charge in [-0.15, -0.1) is 11.3 Å². The van der Waals surface area contributed by atoms with Gasteiger partial charge in [-0.25, -0.2) is 0 Å². The topological polar surface area (TPSA) is 29.9 Å². The first kappa shape index (κ1) is 12.3. The van der Waals surface area contributed by atoms with Gasteiger partial charge in [-0.2, -0.15) is 5.10 Å². The third kappa shape index (κ3) is 2.96. The van der Waals surface area contributed by atoms with Crippen LogP contribution in [0.4, 0.5) is 0 Å². The molecule has 0 radical (unpaired) electrons. The molecular formula is C13H19N3S. The van der Waals surface area contributed by atoms with E-state index in [9.17, 15) is 0 Å². The Balaban J connectivity index is 2.01. The molecular weight excluding hydrogens is 230 g/mol. The van der Waals surface area contributed by atoms with Crippen LogP contribution < -0.4 is 5.32 Å². The fourth-order valence-corrected chi connectivity index (χ4v) is 2.79. The molecule has 0 saturated heterocycles. The van der Waals surface area contributed by atoms with Crippen molar-refractivity contribution in [1.82, 2.24) is 15.1 Å². The standard InChI is InChI=1S/C13H19N3S/c1-9-5-6-13(17-9)11(3)15-10(2)12-7-14-16(4)8-12/h5-8,10-11,15H,1-4H3. The molecule has 2 rings (SSSR count). The molecule has 0 fully saturated rings. The van der Waals surface area contributed by atoms with Crippen LogP contribution in [0.5, 0.6) is 0 Å². The second-order valence-electron chi connectivity index (χ2n) is 4.51. The lowest BCUT2D eigenvalue weighted by atomic mass is 10.1. The molecule has 0 spiro atoms. The van der Waals surface area contributed by atoms with Crippen molar-refractivity contribution in [1.29, 1.82) is 0 Å². The predicted octanol–water partition coefficient (Wildman–Crippen LogP) is 3.20. The van der Waals surface area contributed by atoms with E-state index in [1.165, 1.54) is 15.3 Å². The van der Waals surface area contributed by atoms with E-state index >= 15 is 0 Å². The van der Waals surface area contributed by atoms with Gasteiger partial charge in [-0.05, 0) is 32.9 Å². The van der Waals surface area contributed by atoms with E-state index in [0.29, 0.717) is 12.1 Å². The Hall–Kier alpha value is -1.13. The van der Waals surface area contributed by atoms with Crippen LogP contribution in [0.2, 0.25) is 0 Å².